The van der Waals surface area contributed by atoms with Gasteiger partial charge in [0, 0.05) is 25.7 Å². The summed E-state index contributed by atoms with van der Waals surface area (Å²) in [5.41, 5.74) is 0. The molecule has 19 heteroatoms. The standard InChI is InChI=1S/C67H130O17P2/c1-6-10-13-16-18-20-22-24-26-28-30-32-37-42-47-52-66(71)84-63(57-78-65(70)51-46-41-36-31-29-27-25-23-21-19-17-14-11-7-2)59-82-86(75,76)80-55-61(68)54-79-85(73,74)81-58-62(56-77-64(69)50-45-39-15-12-8-3)83-67(72)53-48-43-38-34-33-35-40-44-49-60(5)9-4/h60-63,68H,6-59H2,1-5H3,(H,73,74)(H,75,76)/t60?,61-,62+,63+/m0/s1. The Kier molecular flexibility index (Phi) is 59.2. The third-order valence-electron chi connectivity index (χ3n) is 15.9. The number of unbranched alkanes of at least 4 members (excludes halogenated alkanes) is 38. The Morgan fingerprint density at radius 1 is 0.326 bits per heavy atom. The van der Waals surface area contributed by atoms with Crippen LogP contribution in [0.15, 0.2) is 0 Å². The number of ether oxygens (including phenoxy) is 4. The minimum absolute atomic E-state index is 0.104. The molecule has 0 rings (SSSR count). The molecule has 0 radical (unpaired) electrons. The molecule has 0 aliphatic rings. The SMILES string of the molecule is CCCCCCCCCCCCCCCCCC(=O)O[C@H](COC(=O)CCCCCCCCCCCCCCCC)COP(=O)(O)OC[C@@H](O)COP(=O)(O)OC[C@@H](COC(=O)CCCCCCC)OC(=O)CCCCCCCCCCC(C)CC. The van der Waals surface area contributed by atoms with E-state index < -0.39 is 97.5 Å². The van der Waals surface area contributed by atoms with E-state index in [4.69, 9.17) is 37.0 Å². The van der Waals surface area contributed by atoms with Crippen LogP contribution in [0.3, 0.4) is 0 Å². The van der Waals surface area contributed by atoms with Crippen molar-refractivity contribution in [2.45, 2.75) is 361 Å². The van der Waals surface area contributed by atoms with Gasteiger partial charge in [-0.1, -0.05) is 291 Å². The summed E-state index contributed by atoms with van der Waals surface area (Å²) in [7, 11) is -9.88. The van der Waals surface area contributed by atoms with Crippen molar-refractivity contribution in [1.82, 2.24) is 0 Å². The molecule has 3 N–H and O–H groups in total. The Balaban J connectivity index is 5.17. The van der Waals surface area contributed by atoms with Crippen molar-refractivity contribution in [3.63, 3.8) is 0 Å². The molecule has 0 bridgehead atoms. The summed E-state index contributed by atoms with van der Waals surface area (Å²) in [5.74, 6) is -1.37. The molecule has 0 aromatic rings. The highest BCUT2D eigenvalue weighted by Crippen LogP contribution is 2.45. The number of phosphoric acid groups is 2. The number of hydrogen-bond donors (Lipinski definition) is 3. The van der Waals surface area contributed by atoms with Crippen LogP contribution in [0.4, 0.5) is 0 Å². The predicted molar refractivity (Wildman–Crippen MR) is 345 cm³/mol. The Labute approximate surface area is 524 Å². The van der Waals surface area contributed by atoms with Crippen molar-refractivity contribution in [2.24, 2.45) is 5.92 Å². The van der Waals surface area contributed by atoms with E-state index in [1.807, 2.05) is 0 Å². The molecule has 0 saturated heterocycles. The van der Waals surface area contributed by atoms with E-state index in [0.717, 1.165) is 102 Å². The fourth-order valence-electron chi connectivity index (χ4n) is 10.1. The molecule has 0 aromatic heterocycles. The second-order valence-corrected chi connectivity index (χ2v) is 27.4. The molecule has 0 aliphatic carbocycles. The molecule has 0 aromatic carbocycles. The Morgan fingerprint density at radius 3 is 0.826 bits per heavy atom. The largest absolute Gasteiger partial charge is 0.472 e. The van der Waals surface area contributed by atoms with Crippen molar-refractivity contribution >= 4 is 39.5 Å². The zero-order valence-corrected chi connectivity index (χ0v) is 57.2. The van der Waals surface area contributed by atoms with Gasteiger partial charge in [0.1, 0.15) is 19.3 Å². The summed E-state index contributed by atoms with van der Waals surface area (Å²) in [6, 6.07) is 0. The van der Waals surface area contributed by atoms with Gasteiger partial charge in [0.05, 0.1) is 26.4 Å². The van der Waals surface area contributed by atoms with Crippen LogP contribution in [0.2, 0.25) is 0 Å². The normalized spacial score (nSPS) is 14.5. The predicted octanol–water partition coefficient (Wildman–Crippen LogP) is 19.0. The van der Waals surface area contributed by atoms with E-state index in [9.17, 15) is 43.2 Å². The van der Waals surface area contributed by atoms with Gasteiger partial charge < -0.3 is 33.8 Å². The zero-order chi connectivity index (χ0) is 63.5. The minimum Gasteiger partial charge on any atom is -0.462 e. The van der Waals surface area contributed by atoms with Crippen LogP contribution >= 0.6 is 15.6 Å². The van der Waals surface area contributed by atoms with Gasteiger partial charge in [-0.05, 0) is 31.6 Å². The maximum atomic E-state index is 13.0. The Hall–Kier alpha value is -1.94. The van der Waals surface area contributed by atoms with Gasteiger partial charge in [0.2, 0.25) is 0 Å². The summed E-state index contributed by atoms with van der Waals surface area (Å²) in [6.07, 6.45) is 46.1. The van der Waals surface area contributed by atoms with Crippen molar-refractivity contribution in [3.05, 3.63) is 0 Å². The van der Waals surface area contributed by atoms with Crippen LogP contribution in [-0.4, -0.2) is 96.7 Å². The second kappa shape index (κ2) is 60.6. The number of phosphoric ester groups is 2. The lowest BCUT2D eigenvalue weighted by atomic mass is 9.99. The number of hydrogen-bond acceptors (Lipinski definition) is 15. The second-order valence-electron chi connectivity index (χ2n) is 24.5. The van der Waals surface area contributed by atoms with Crippen molar-refractivity contribution in [1.29, 1.82) is 0 Å². The molecule has 0 aliphatic heterocycles. The number of esters is 4. The van der Waals surface area contributed by atoms with Crippen LogP contribution < -0.4 is 0 Å². The molecular formula is C67H130O17P2. The first kappa shape index (κ1) is 84.1. The van der Waals surface area contributed by atoms with Gasteiger partial charge in [-0.25, -0.2) is 9.13 Å². The molecule has 0 fully saturated rings. The number of carbonyl (C=O) groups excluding carboxylic acids is 4. The van der Waals surface area contributed by atoms with E-state index in [1.165, 1.54) is 161 Å². The summed E-state index contributed by atoms with van der Waals surface area (Å²) in [4.78, 5) is 72.2. The molecule has 17 nitrogen and oxygen atoms in total. The van der Waals surface area contributed by atoms with Gasteiger partial charge in [-0.3, -0.25) is 37.3 Å². The molecule has 0 heterocycles. The first-order chi connectivity index (χ1) is 41.6. The number of aliphatic hydroxyl groups excluding tert-OH is 1. The van der Waals surface area contributed by atoms with E-state index >= 15 is 0 Å². The maximum absolute atomic E-state index is 13.0. The molecule has 0 saturated carbocycles. The Bertz CT molecular complexity index is 1670. The highest BCUT2D eigenvalue weighted by Gasteiger charge is 2.30. The average Bonchev–Trinajstić information content (AvgIpc) is 3.52. The van der Waals surface area contributed by atoms with Crippen LogP contribution in [0, 0.1) is 5.92 Å². The van der Waals surface area contributed by atoms with Crippen molar-refractivity contribution in [3.8, 4) is 0 Å². The summed E-state index contributed by atoms with van der Waals surface area (Å²) in [6.45, 7) is 7.14. The first-order valence-electron chi connectivity index (χ1n) is 35.2. The molecule has 510 valence electrons. The molecule has 0 spiro atoms. The molecular weight excluding hydrogens is 1140 g/mol. The van der Waals surface area contributed by atoms with Gasteiger partial charge in [0.15, 0.2) is 12.2 Å². The van der Waals surface area contributed by atoms with Gasteiger partial charge in [-0.2, -0.15) is 0 Å². The lowest BCUT2D eigenvalue weighted by Gasteiger charge is -2.21. The van der Waals surface area contributed by atoms with Crippen molar-refractivity contribution in [2.75, 3.05) is 39.6 Å². The quantitative estimate of drug-likeness (QED) is 0.0222. The van der Waals surface area contributed by atoms with Crippen molar-refractivity contribution < 1.29 is 80.2 Å². The van der Waals surface area contributed by atoms with Gasteiger partial charge in [0.25, 0.3) is 0 Å². The Morgan fingerprint density at radius 2 is 0.558 bits per heavy atom. The van der Waals surface area contributed by atoms with Crippen LogP contribution in [-0.2, 0) is 65.4 Å². The highest BCUT2D eigenvalue weighted by atomic mass is 31.2. The van der Waals surface area contributed by atoms with Crippen LogP contribution in [0.25, 0.3) is 0 Å². The maximum Gasteiger partial charge on any atom is 0.472 e. The third kappa shape index (κ3) is 59.7. The van der Waals surface area contributed by atoms with E-state index in [0.29, 0.717) is 25.7 Å². The highest BCUT2D eigenvalue weighted by molar-refractivity contribution is 7.47. The van der Waals surface area contributed by atoms with Gasteiger partial charge >= 0.3 is 39.5 Å². The van der Waals surface area contributed by atoms with E-state index in [-0.39, 0.29) is 25.7 Å². The molecule has 3 unspecified atom stereocenters. The zero-order valence-electron chi connectivity index (χ0n) is 55.4. The summed E-state index contributed by atoms with van der Waals surface area (Å²) in [5, 5.41) is 10.5. The average molecular weight is 1270 g/mol. The lowest BCUT2D eigenvalue weighted by Crippen LogP contribution is -2.30. The smallest absolute Gasteiger partial charge is 0.462 e. The number of aliphatic hydroxyl groups is 1. The van der Waals surface area contributed by atoms with E-state index in [2.05, 4.69) is 34.6 Å². The molecule has 86 heavy (non-hydrogen) atoms. The number of carbonyl (C=O) groups is 4. The van der Waals surface area contributed by atoms with Crippen LogP contribution in [0.1, 0.15) is 343 Å². The fourth-order valence-corrected chi connectivity index (χ4v) is 11.7. The minimum atomic E-state index is -4.95. The molecule has 0 amide bonds. The fraction of sp³-hybridized carbons (Fsp3) is 0.940. The van der Waals surface area contributed by atoms with E-state index in [1.54, 1.807) is 0 Å². The number of rotatable bonds is 67. The van der Waals surface area contributed by atoms with Gasteiger partial charge in [-0.15, -0.1) is 0 Å². The first-order valence-corrected chi connectivity index (χ1v) is 38.2. The lowest BCUT2D eigenvalue weighted by molar-refractivity contribution is -0.161. The topological polar surface area (TPSA) is 237 Å². The summed E-state index contributed by atoms with van der Waals surface area (Å²) < 4.78 is 68.0. The monoisotopic (exact) mass is 1270 g/mol. The molecule has 6 atom stereocenters. The third-order valence-corrected chi connectivity index (χ3v) is 17.8. The van der Waals surface area contributed by atoms with Crippen LogP contribution in [0.5, 0.6) is 0 Å². The summed E-state index contributed by atoms with van der Waals surface area (Å²) >= 11 is 0.